The van der Waals surface area contributed by atoms with E-state index in [9.17, 15) is 0 Å². The Morgan fingerprint density at radius 3 is 2.68 bits per heavy atom. The molecule has 2 aromatic rings. The molecule has 5 nitrogen and oxygen atoms in total. The number of rotatable bonds is 5. The Morgan fingerprint density at radius 1 is 1.26 bits per heavy atom. The van der Waals surface area contributed by atoms with Crippen LogP contribution in [0.3, 0.4) is 0 Å². The second kappa shape index (κ2) is 5.75. The summed E-state index contributed by atoms with van der Waals surface area (Å²) in [5.41, 5.74) is 8.52. The van der Waals surface area contributed by atoms with Crippen LogP contribution in [0.4, 0.5) is 0 Å². The number of methoxy groups -OCH3 is 2. The lowest BCUT2D eigenvalue weighted by Crippen LogP contribution is -2.05. The van der Waals surface area contributed by atoms with Crippen molar-refractivity contribution in [2.45, 2.75) is 13.3 Å². The molecular formula is C14H19N3O2. The minimum absolute atomic E-state index is 0.570. The van der Waals surface area contributed by atoms with E-state index in [1.54, 1.807) is 18.9 Å². The van der Waals surface area contributed by atoms with Crippen molar-refractivity contribution >= 4 is 0 Å². The molecule has 0 unspecified atom stereocenters. The van der Waals surface area contributed by atoms with Crippen LogP contribution in [0.15, 0.2) is 24.3 Å². The standard InChI is InChI=1S/C14H19N3O2/c1-10-13(7-8-15)14(19-3)17(16-10)11-5-4-6-12(9-11)18-2/h4-6,9H,7-8,15H2,1-3H3. The van der Waals surface area contributed by atoms with E-state index in [2.05, 4.69) is 5.10 Å². The number of aromatic nitrogens is 2. The van der Waals surface area contributed by atoms with Gasteiger partial charge in [0.15, 0.2) is 0 Å². The minimum atomic E-state index is 0.570. The monoisotopic (exact) mass is 261 g/mol. The molecule has 0 aliphatic rings. The molecule has 2 rings (SSSR count). The molecule has 0 saturated heterocycles. The first-order chi connectivity index (χ1) is 9.21. The highest BCUT2D eigenvalue weighted by Gasteiger charge is 2.16. The molecule has 0 radical (unpaired) electrons. The van der Waals surface area contributed by atoms with E-state index in [4.69, 9.17) is 15.2 Å². The third-order valence-corrected chi connectivity index (χ3v) is 3.02. The first-order valence-electron chi connectivity index (χ1n) is 6.18. The van der Waals surface area contributed by atoms with E-state index >= 15 is 0 Å². The Hall–Kier alpha value is -2.01. The third kappa shape index (κ3) is 2.56. The molecule has 0 bridgehead atoms. The van der Waals surface area contributed by atoms with Crippen molar-refractivity contribution in [2.24, 2.45) is 5.73 Å². The van der Waals surface area contributed by atoms with Gasteiger partial charge >= 0.3 is 0 Å². The largest absolute Gasteiger partial charge is 0.497 e. The van der Waals surface area contributed by atoms with Gasteiger partial charge in [-0.25, -0.2) is 4.68 Å². The van der Waals surface area contributed by atoms with E-state index in [-0.39, 0.29) is 0 Å². The van der Waals surface area contributed by atoms with Crippen molar-refractivity contribution in [1.82, 2.24) is 9.78 Å². The lowest BCUT2D eigenvalue weighted by atomic mass is 10.2. The molecule has 19 heavy (non-hydrogen) atoms. The van der Waals surface area contributed by atoms with Gasteiger partial charge in [0, 0.05) is 11.6 Å². The fourth-order valence-corrected chi connectivity index (χ4v) is 2.10. The molecule has 5 heteroatoms. The van der Waals surface area contributed by atoms with Gasteiger partial charge in [-0.1, -0.05) is 6.07 Å². The van der Waals surface area contributed by atoms with Crippen molar-refractivity contribution in [3.63, 3.8) is 0 Å². The molecule has 1 heterocycles. The van der Waals surface area contributed by atoms with Crippen LogP contribution in [0.5, 0.6) is 11.6 Å². The van der Waals surface area contributed by atoms with Crippen LogP contribution >= 0.6 is 0 Å². The molecule has 102 valence electrons. The minimum Gasteiger partial charge on any atom is -0.497 e. The van der Waals surface area contributed by atoms with Gasteiger partial charge in [-0.3, -0.25) is 0 Å². The zero-order chi connectivity index (χ0) is 13.8. The van der Waals surface area contributed by atoms with Gasteiger partial charge < -0.3 is 15.2 Å². The predicted octanol–water partition coefficient (Wildman–Crippen LogP) is 1.70. The van der Waals surface area contributed by atoms with E-state index in [1.807, 2.05) is 31.2 Å². The van der Waals surface area contributed by atoms with Crippen LogP contribution < -0.4 is 15.2 Å². The van der Waals surface area contributed by atoms with Crippen molar-refractivity contribution in [3.05, 3.63) is 35.5 Å². The molecule has 0 atom stereocenters. The number of hydrogen-bond acceptors (Lipinski definition) is 4. The average Bonchev–Trinajstić information content (AvgIpc) is 2.76. The summed E-state index contributed by atoms with van der Waals surface area (Å²) in [6, 6.07) is 7.70. The number of nitrogens with zero attached hydrogens (tertiary/aromatic N) is 2. The maximum absolute atomic E-state index is 5.63. The fourth-order valence-electron chi connectivity index (χ4n) is 2.10. The second-order valence-corrected chi connectivity index (χ2v) is 4.23. The van der Waals surface area contributed by atoms with Gasteiger partial charge in [0.25, 0.3) is 0 Å². The van der Waals surface area contributed by atoms with E-state index < -0.39 is 0 Å². The number of hydrogen-bond donors (Lipinski definition) is 1. The molecule has 0 aliphatic carbocycles. The fraction of sp³-hybridized carbons (Fsp3) is 0.357. The van der Waals surface area contributed by atoms with E-state index in [0.717, 1.165) is 35.0 Å². The van der Waals surface area contributed by atoms with Gasteiger partial charge in [0.05, 0.1) is 25.6 Å². The molecule has 0 aliphatic heterocycles. The van der Waals surface area contributed by atoms with Crippen molar-refractivity contribution in [1.29, 1.82) is 0 Å². The molecular weight excluding hydrogens is 242 g/mol. The van der Waals surface area contributed by atoms with Gasteiger partial charge in [0.1, 0.15) is 5.75 Å². The zero-order valence-electron chi connectivity index (χ0n) is 11.5. The van der Waals surface area contributed by atoms with Gasteiger partial charge in [0.2, 0.25) is 5.88 Å². The first-order valence-corrected chi connectivity index (χ1v) is 6.18. The molecule has 0 saturated carbocycles. The highest BCUT2D eigenvalue weighted by Crippen LogP contribution is 2.27. The molecule has 2 N–H and O–H groups in total. The van der Waals surface area contributed by atoms with Crippen LogP contribution in [0.25, 0.3) is 5.69 Å². The molecule has 1 aromatic heterocycles. The summed E-state index contributed by atoms with van der Waals surface area (Å²) in [5.74, 6) is 1.52. The van der Waals surface area contributed by atoms with Gasteiger partial charge in [-0.2, -0.15) is 5.10 Å². The Kier molecular flexibility index (Phi) is 4.06. The lowest BCUT2D eigenvalue weighted by Gasteiger charge is -2.09. The van der Waals surface area contributed by atoms with Gasteiger partial charge in [-0.05, 0) is 32.0 Å². The van der Waals surface area contributed by atoms with Crippen LogP contribution in [-0.4, -0.2) is 30.5 Å². The predicted molar refractivity (Wildman–Crippen MR) is 74.2 cm³/mol. The topological polar surface area (TPSA) is 62.3 Å². The number of aryl methyl sites for hydroxylation is 1. The number of ether oxygens (including phenoxy) is 2. The molecule has 0 fully saturated rings. The second-order valence-electron chi connectivity index (χ2n) is 4.23. The highest BCUT2D eigenvalue weighted by atomic mass is 16.5. The molecule has 0 amide bonds. The number of benzene rings is 1. The quantitative estimate of drug-likeness (QED) is 0.889. The normalized spacial score (nSPS) is 10.5. The summed E-state index contributed by atoms with van der Waals surface area (Å²) in [5, 5.41) is 4.53. The van der Waals surface area contributed by atoms with Crippen LogP contribution in [0, 0.1) is 6.92 Å². The SMILES string of the molecule is COc1cccc(-n2nc(C)c(CCN)c2OC)c1. The van der Waals surface area contributed by atoms with Crippen molar-refractivity contribution in [3.8, 4) is 17.3 Å². The van der Waals surface area contributed by atoms with Crippen molar-refractivity contribution < 1.29 is 9.47 Å². The Labute approximate surface area is 112 Å². The average molecular weight is 261 g/mol. The molecule has 1 aromatic carbocycles. The third-order valence-electron chi connectivity index (χ3n) is 3.02. The maximum atomic E-state index is 5.63. The first kappa shape index (κ1) is 13.4. The zero-order valence-corrected chi connectivity index (χ0v) is 11.5. The van der Waals surface area contributed by atoms with Gasteiger partial charge in [-0.15, -0.1) is 0 Å². The summed E-state index contributed by atoms with van der Waals surface area (Å²) in [7, 11) is 3.29. The van der Waals surface area contributed by atoms with Crippen LogP contribution in [0.2, 0.25) is 0 Å². The summed E-state index contributed by atoms with van der Waals surface area (Å²) >= 11 is 0. The Balaban J connectivity index is 2.52. The van der Waals surface area contributed by atoms with E-state index in [1.165, 1.54) is 0 Å². The Morgan fingerprint density at radius 2 is 2.05 bits per heavy atom. The maximum Gasteiger partial charge on any atom is 0.219 e. The summed E-state index contributed by atoms with van der Waals surface area (Å²) in [6.07, 6.45) is 0.749. The summed E-state index contributed by atoms with van der Waals surface area (Å²) in [6.45, 7) is 2.53. The smallest absolute Gasteiger partial charge is 0.219 e. The van der Waals surface area contributed by atoms with Crippen LogP contribution in [-0.2, 0) is 6.42 Å². The van der Waals surface area contributed by atoms with Crippen molar-refractivity contribution in [2.75, 3.05) is 20.8 Å². The highest BCUT2D eigenvalue weighted by molar-refractivity contribution is 5.44. The van der Waals surface area contributed by atoms with Crippen LogP contribution in [0.1, 0.15) is 11.3 Å². The summed E-state index contributed by atoms with van der Waals surface area (Å²) < 4.78 is 12.5. The lowest BCUT2D eigenvalue weighted by molar-refractivity contribution is 0.378. The molecule has 0 spiro atoms. The number of nitrogens with two attached hydrogens (primary N) is 1. The Bertz CT molecular complexity index is 564. The van der Waals surface area contributed by atoms with E-state index in [0.29, 0.717) is 6.54 Å². The summed E-state index contributed by atoms with van der Waals surface area (Å²) in [4.78, 5) is 0.